The summed E-state index contributed by atoms with van der Waals surface area (Å²) in [4.78, 5) is 24.0. The molecular weight excluding hydrogens is 376 g/mol. The van der Waals surface area contributed by atoms with Crippen LogP contribution in [0.1, 0.15) is 13.8 Å². The van der Waals surface area contributed by atoms with Gasteiger partial charge in [0.2, 0.25) is 5.91 Å². The highest BCUT2D eigenvalue weighted by atomic mass is 32.2. The Morgan fingerprint density at radius 2 is 2.00 bits per heavy atom. The van der Waals surface area contributed by atoms with Crippen molar-refractivity contribution >= 4 is 23.6 Å². The molecule has 1 heterocycles. The second kappa shape index (κ2) is 8.43. The first-order valence-electron chi connectivity index (χ1n) is 8.96. The van der Waals surface area contributed by atoms with Crippen molar-refractivity contribution in [2.45, 2.75) is 31.1 Å². The van der Waals surface area contributed by atoms with E-state index in [2.05, 4.69) is 15.5 Å². The van der Waals surface area contributed by atoms with Crippen molar-refractivity contribution in [2.24, 2.45) is 5.92 Å². The fourth-order valence-corrected chi connectivity index (χ4v) is 3.94. The summed E-state index contributed by atoms with van der Waals surface area (Å²) in [7, 11) is 0. The summed E-state index contributed by atoms with van der Waals surface area (Å²) in [6.45, 7) is 4.38. The molecular formula is C20H22N4O3S. The molecule has 0 spiro atoms. The number of aliphatic carboxylic acids is 1. The summed E-state index contributed by atoms with van der Waals surface area (Å²) in [5, 5.41) is 21.4. The monoisotopic (exact) mass is 398 g/mol. The number of allylic oxidation sites excluding steroid dienone is 2. The van der Waals surface area contributed by atoms with E-state index in [1.165, 1.54) is 11.8 Å². The van der Waals surface area contributed by atoms with E-state index >= 15 is 0 Å². The fraction of sp³-hybridized carbons (Fsp3) is 0.300. The number of benzene rings is 1. The molecule has 1 aliphatic rings. The molecule has 0 radical (unpaired) electrons. The minimum absolute atomic E-state index is 0.117. The lowest BCUT2D eigenvalue weighted by Crippen LogP contribution is -2.53. The van der Waals surface area contributed by atoms with Crippen molar-refractivity contribution in [3.63, 3.8) is 0 Å². The van der Waals surface area contributed by atoms with Gasteiger partial charge in [0, 0.05) is 12.1 Å². The van der Waals surface area contributed by atoms with Crippen molar-refractivity contribution in [1.29, 1.82) is 0 Å². The molecule has 1 aromatic carbocycles. The molecule has 1 aromatic heterocycles. The maximum absolute atomic E-state index is 12.5. The van der Waals surface area contributed by atoms with Crippen LogP contribution in [0.15, 0.2) is 59.8 Å². The van der Waals surface area contributed by atoms with Crippen molar-refractivity contribution in [3.05, 3.63) is 54.6 Å². The molecule has 0 aliphatic heterocycles. The van der Waals surface area contributed by atoms with E-state index in [1.807, 2.05) is 41.8 Å². The Kier molecular flexibility index (Phi) is 5.99. The molecule has 28 heavy (non-hydrogen) atoms. The van der Waals surface area contributed by atoms with Crippen LogP contribution in [-0.2, 0) is 16.1 Å². The third-order valence-corrected chi connectivity index (χ3v) is 5.54. The van der Waals surface area contributed by atoms with Gasteiger partial charge in [0.05, 0.1) is 11.3 Å². The minimum Gasteiger partial charge on any atom is -0.481 e. The average molecular weight is 398 g/mol. The number of carboxylic acids is 1. The fourth-order valence-electron chi connectivity index (χ4n) is 3.14. The first kappa shape index (κ1) is 19.9. The number of aromatic nitrogens is 3. The number of rotatable bonds is 7. The Morgan fingerprint density at radius 3 is 2.68 bits per heavy atom. The van der Waals surface area contributed by atoms with Gasteiger partial charge in [-0.05, 0) is 13.8 Å². The van der Waals surface area contributed by atoms with E-state index in [9.17, 15) is 14.7 Å². The van der Waals surface area contributed by atoms with Crippen LogP contribution in [0.3, 0.4) is 0 Å². The third kappa shape index (κ3) is 4.17. The van der Waals surface area contributed by atoms with Crippen LogP contribution in [0.5, 0.6) is 0 Å². The largest absolute Gasteiger partial charge is 0.481 e. The molecule has 0 saturated heterocycles. The van der Waals surface area contributed by atoms with Crippen LogP contribution < -0.4 is 5.32 Å². The van der Waals surface area contributed by atoms with Crippen molar-refractivity contribution in [1.82, 2.24) is 20.1 Å². The van der Waals surface area contributed by atoms with Gasteiger partial charge in [0.15, 0.2) is 11.0 Å². The summed E-state index contributed by atoms with van der Waals surface area (Å²) >= 11 is 1.28. The molecule has 7 nitrogen and oxygen atoms in total. The molecule has 1 aliphatic carbocycles. The smallest absolute Gasteiger partial charge is 0.313 e. The summed E-state index contributed by atoms with van der Waals surface area (Å²) in [6.07, 6.45) is 6.70. The number of carboxylic acid groups (broad SMARTS) is 1. The molecule has 0 saturated carbocycles. The molecule has 2 aromatic rings. The lowest BCUT2D eigenvalue weighted by atomic mass is 9.82. The SMILES string of the molecule is CCn1c(SCC(=O)NC2(C)C=CC=CC2C(=O)O)nnc1-c1ccccc1. The van der Waals surface area contributed by atoms with Crippen LogP contribution >= 0.6 is 11.8 Å². The Bertz CT molecular complexity index is 923. The van der Waals surface area contributed by atoms with Gasteiger partial charge < -0.3 is 15.0 Å². The maximum atomic E-state index is 12.5. The first-order chi connectivity index (χ1) is 13.4. The molecule has 3 rings (SSSR count). The zero-order valence-electron chi connectivity index (χ0n) is 15.7. The van der Waals surface area contributed by atoms with E-state index in [1.54, 1.807) is 31.2 Å². The molecule has 1 amide bonds. The molecule has 0 fully saturated rings. The molecule has 2 atom stereocenters. The van der Waals surface area contributed by atoms with E-state index in [4.69, 9.17) is 0 Å². The predicted octanol–water partition coefficient (Wildman–Crippen LogP) is 2.76. The topological polar surface area (TPSA) is 97.1 Å². The van der Waals surface area contributed by atoms with Crippen molar-refractivity contribution in [2.75, 3.05) is 5.75 Å². The number of hydrogen-bond acceptors (Lipinski definition) is 5. The number of thioether (sulfide) groups is 1. The number of carbonyl (C=O) groups is 2. The first-order valence-corrected chi connectivity index (χ1v) is 9.94. The van der Waals surface area contributed by atoms with Gasteiger partial charge in [0.1, 0.15) is 5.92 Å². The van der Waals surface area contributed by atoms with Gasteiger partial charge in [-0.2, -0.15) is 0 Å². The van der Waals surface area contributed by atoms with Gasteiger partial charge in [-0.1, -0.05) is 66.4 Å². The van der Waals surface area contributed by atoms with Gasteiger partial charge in [-0.25, -0.2) is 0 Å². The maximum Gasteiger partial charge on any atom is 0.313 e. The zero-order valence-corrected chi connectivity index (χ0v) is 16.5. The second-order valence-electron chi connectivity index (χ2n) is 6.60. The summed E-state index contributed by atoms with van der Waals surface area (Å²) in [5.74, 6) is -1.17. The minimum atomic E-state index is -0.978. The number of nitrogens with one attached hydrogen (secondary N) is 1. The molecule has 2 unspecified atom stereocenters. The number of carbonyl (C=O) groups excluding carboxylic acids is 1. The Morgan fingerprint density at radius 1 is 1.25 bits per heavy atom. The number of nitrogens with zero attached hydrogens (tertiary/aromatic N) is 3. The van der Waals surface area contributed by atoms with Gasteiger partial charge in [-0.3, -0.25) is 9.59 Å². The van der Waals surface area contributed by atoms with Crippen LogP contribution in [0.25, 0.3) is 11.4 Å². The highest BCUT2D eigenvalue weighted by molar-refractivity contribution is 7.99. The van der Waals surface area contributed by atoms with Crippen molar-refractivity contribution < 1.29 is 14.7 Å². The Labute approximate surface area is 167 Å². The van der Waals surface area contributed by atoms with Crippen LogP contribution in [0, 0.1) is 5.92 Å². The zero-order chi connectivity index (χ0) is 20.1. The number of amides is 1. The summed E-state index contributed by atoms with van der Waals surface area (Å²) in [6, 6.07) is 9.75. The van der Waals surface area contributed by atoms with Gasteiger partial charge in [0.25, 0.3) is 0 Å². The van der Waals surface area contributed by atoms with Gasteiger partial charge >= 0.3 is 5.97 Å². The van der Waals surface area contributed by atoms with Crippen molar-refractivity contribution in [3.8, 4) is 11.4 Å². The summed E-state index contributed by atoms with van der Waals surface area (Å²) in [5.41, 5.74) is -0.00429. The summed E-state index contributed by atoms with van der Waals surface area (Å²) < 4.78 is 1.96. The van der Waals surface area contributed by atoms with E-state index < -0.39 is 17.4 Å². The van der Waals surface area contributed by atoms with E-state index in [-0.39, 0.29) is 11.7 Å². The predicted molar refractivity (Wildman–Crippen MR) is 108 cm³/mol. The van der Waals surface area contributed by atoms with Crippen LogP contribution in [0.4, 0.5) is 0 Å². The third-order valence-electron chi connectivity index (χ3n) is 4.58. The lowest BCUT2D eigenvalue weighted by Gasteiger charge is -2.33. The van der Waals surface area contributed by atoms with E-state index in [0.29, 0.717) is 11.7 Å². The highest BCUT2D eigenvalue weighted by Crippen LogP contribution is 2.26. The average Bonchev–Trinajstić information content (AvgIpc) is 3.09. The lowest BCUT2D eigenvalue weighted by molar-refractivity contribution is -0.142. The molecule has 8 heteroatoms. The molecule has 2 N–H and O–H groups in total. The molecule has 146 valence electrons. The highest BCUT2D eigenvalue weighted by Gasteiger charge is 2.37. The molecule has 0 bridgehead atoms. The number of hydrogen-bond donors (Lipinski definition) is 2. The Balaban J connectivity index is 1.68. The normalized spacial score (nSPS) is 20.9. The van der Waals surface area contributed by atoms with Crippen LogP contribution in [-0.4, -0.2) is 43.0 Å². The second-order valence-corrected chi connectivity index (χ2v) is 7.54. The quantitative estimate of drug-likeness (QED) is 0.696. The van der Waals surface area contributed by atoms with Gasteiger partial charge in [-0.15, -0.1) is 10.2 Å². The van der Waals surface area contributed by atoms with E-state index in [0.717, 1.165) is 11.4 Å². The van der Waals surface area contributed by atoms with Crippen LogP contribution in [0.2, 0.25) is 0 Å². The Hall–Kier alpha value is -2.87. The standard InChI is InChI=1S/C20H22N4O3S/c1-3-24-17(14-9-5-4-6-10-14)22-23-19(24)28-13-16(25)21-20(2)12-8-7-11-15(20)18(26)27/h4-12,15H,3,13H2,1-2H3,(H,21,25)(H,26,27).